The summed E-state index contributed by atoms with van der Waals surface area (Å²) in [5, 5.41) is 14.6. The van der Waals surface area contributed by atoms with Crippen LogP contribution in [-0.2, 0) is 0 Å². The minimum Gasteiger partial charge on any atom is -0.387 e. The van der Waals surface area contributed by atoms with E-state index in [0.29, 0.717) is 12.4 Å². The molecular formula is C17H23N3O2. The van der Waals surface area contributed by atoms with Gasteiger partial charge < -0.3 is 9.63 Å². The molecule has 1 aliphatic heterocycles. The fourth-order valence-electron chi connectivity index (χ4n) is 3.09. The summed E-state index contributed by atoms with van der Waals surface area (Å²) in [6.45, 7) is 7.52. The van der Waals surface area contributed by atoms with Crippen LogP contribution in [0.25, 0.3) is 0 Å². The zero-order valence-corrected chi connectivity index (χ0v) is 13.4. The molecular weight excluding hydrogens is 278 g/mol. The minimum absolute atomic E-state index is 0.152. The molecule has 2 heterocycles. The van der Waals surface area contributed by atoms with Crippen LogP contribution >= 0.6 is 0 Å². The number of aromatic nitrogens is 2. The van der Waals surface area contributed by atoms with Crippen LogP contribution in [0.4, 0.5) is 0 Å². The number of aryl methyl sites for hydroxylation is 3. The van der Waals surface area contributed by atoms with Crippen LogP contribution in [0.3, 0.4) is 0 Å². The molecule has 5 heteroatoms. The van der Waals surface area contributed by atoms with Gasteiger partial charge in [0.05, 0.1) is 12.1 Å². The van der Waals surface area contributed by atoms with E-state index in [1.807, 2.05) is 6.07 Å². The summed E-state index contributed by atoms with van der Waals surface area (Å²) in [4.78, 5) is 6.60. The molecule has 0 amide bonds. The zero-order chi connectivity index (χ0) is 15.7. The number of hydrogen-bond acceptors (Lipinski definition) is 5. The van der Waals surface area contributed by atoms with Crippen LogP contribution in [-0.4, -0.2) is 33.2 Å². The van der Waals surface area contributed by atoms with Crippen LogP contribution in [0.1, 0.15) is 53.4 Å². The molecule has 0 aliphatic carbocycles. The van der Waals surface area contributed by atoms with Crippen LogP contribution in [0.2, 0.25) is 0 Å². The third-order valence-corrected chi connectivity index (χ3v) is 4.53. The summed E-state index contributed by atoms with van der Waals surface area (Å²) in [5.41, 5.74) is 3.43. The Balaban J connectivity index is 1.72. The molecule has 1 aromatic heterocycles. The number of aliphatic hydroxyl groups excluding tert-OH is 1. The van der Waals surface area contributed by atoms with E-state index in [4.69, 9.17) is 4.52 Å². The van der Waals surface area contributed by atoms with Gasteiger partial charge in [0.15, 0.2) is 5.82 Å². The van der Waals surface area contributed by atoms with Gasteiger partial charge in [-0.3, -0.25) is 4.90 Å². The van der Waals surface area contributed by atoms with E-state index in [9.17, 15) is 5.11 Å². The van der Waals surface area contributed by atoms with E-state index in [1.165, 1.54) is 11.1 Å². The van der Waals surface area contributed by atoms with Crippen molar-refractivity contribution in [1.29, 1.82) is 0 Å². The van der Waals surface area contributed by atoms with Crippen molar-refractivity contribution in [3.05, 3.63) is 46.6 Å². The summed E-state index contributed by atoms with van der Waals surface area (Å²) in [6.07, 6.45) is 1.61. The van der Waals surface area contributed by atoms with Crippen molar-refractivity contribution < 1.29 is 9.63 Å². The normalized spacial score (nSPS) is 20.5. The highest BCUT2D eigenvalue weighted by Gasteiger charge is 2.31. The molecule has 5 nitrogen and oxygen atoms in total. The molecule has 0 saturated carbocycles. The minimum atomic E-state index is -0.493. The Morgan fingerprint density at radius 3 is 2.82 bits per heavy atom. The predicted molar refractivity (Wildman–Crippen MR) is 83.5 cm³/mol. The lowest BCUT2D eigenvalue weighted by Crippen LogP contribution is -2.29. The van der Waals surface area contributed by atoms with Crippen molar-refractivity contribution in [2.75, 3.05) is 13.1 Å². The zero-order valence-electron chi connectivity index (χ0n) is 13.4. The Morgan fingerprint density at radius 2 is 2.14 bits per heavy atom. The standard InChI is InChI=1S/C17H23N3O2/c1-11-6-7-14(9-12(11)2)16(21)10-20-8-4-5-15(20)17-18-13(3)22-19-17/h6-7,9,15-16,21H,4-5,8,10H2,1-3H3/t15-,16+/m0/s1. The number of hydrogen-bond donors (Lipinski definition) is 1. The highest BCUT2D eigenvalue weighted by molar-refractivity contribution is 5.31. The fraction of sp³-hybridized carbons (Fsp3) is 0.529. The van der Waals surface area contributed by atoms with Crippen molar-refractivity contribution in [3.63, 3.8) is 0 Å². The maximum absolute atomic E-state index is 10.6. The third kappa shape index (κ3) is 3.05. The topological polar surface area (TPSA) is 62.4 Å². The quantitative estimate of drug-likeness (QED) is 0.941. The van der Waals surface area contributed by atoms with Crippen molar-refractivity contribution >= 4 is 0 Å². The summed E-state index contributed by atoms with van der Waals surface area (Å²) >= 11 is 0. The second kappa shape index (κ2) is 6.18. The van der Waals surface area contributed by atoms with Crippen LogP contribution in [0, 0.1) is 20.8 Å². The van der Waals surface area contributed by atoms with E-state index < -0.39 is 6.10 Å². The number of likely N-dealkylation sites (tertiary alicyclic amines) is 1. The number of rotatable bonds is 4. The summed E-state index contributed by atoms with van der Waals surface area (Å²) in [5.74, 6) is 1.33. The monoisotopic (exact) mass is 301 g/mol. The van der Waals surface area contributed by atoms with Gasteiger partial charge in [-0.1, -0.05) is 23.4 Å². The molecule has 0 spiro atoms. The molecule has 3 rings (SSSR count). The van der Waals surface area contributed by atoms with Gasteiger partial charge in [-0.2, -0.15) is 4.98 Å². The molecule has 0 radical (unpaired) electrons. The Kier molecular flexibility index (Phi) is 4.27. The number of aliphatic hydroxyl groups is 1. The van der Waals surface area contributed by atoms with Gasteiger partial charge >= 0.3 is 0 Å². The van der Waals surface area contributed by atoms with E-state index >= 15 is 0 Å². The molecule has 2 aromatic rings. The highest BCUT2D eigenvalue weighted by Crippen LogP contribution is 2.32. The molecule has 1 N–H and O–H groups in total. The van der Waals surface area contributed by atoms with Gasteiger partial charge in [-0.25, -0.2) is 0 Å². The highest BCUT2D eigenvalue weighted by atomic mass is 16.5. The molecule has 0 bridgehead atoms. The van der Waals surface area contributed by atoms with Crippen LogP contribution in [0.5, 0.6) is 0 Å². The second-order valence-corrected chi connectivity index (χ2v) is 6.18. The lowest BCUT2D eigenvalue weighted by molar-refractivity contribution is 0.103. The first-order valence-electron chi connectivity index (χ1n) is 7.84. The summed E-state index contributed by atoms with van der Waals surface area (Å²) < 4.78 is 5.09. The van der Waals surface area contributed by atoms with Crippen molar-refractivity contribution in [1.82, 2.24) is 15.0 Å². The molecule has 22 heavy (non-hydrogen) atoms. The molecule has 1 saturated heterocycles. The fourth-order valence-corrected chi connectivity index (χ4v) is 3.09. The average Bonchev–Trinajstić information content (AvgIpc) is 3.10. The number of nitrogens with zero attached hydrogens (tertiary/aromatic N) is 3. The Morgan fingerprint density at radius 1 is 1.32 bits per heavy atom. The first-order valence-corrected chi connectivity index (χ1v) is 7.84. The number of β-amino-alcohol motifs (C(OH)–C–C–N with tert-alkyl or cyclic N) is 1. The molecule has 1 aromatic carbocycles. The van der Waals surface area contributed by atoms with Gasteiger partial charge in [0, 0.05) is 13.5 Å². The van der Waals surface area contributed by atoms with Gasteiger partial charge in [0.2, 0.25) is 5.89 Å². The second-order valence-electron chi connectivity index (χ2n) is 6.18. The predicted octanol–water partition coefficient (Wildman–Crippen LogP) is 2.87. The largest absolute Gasteiger partial charge is 0.387 e. The lowest BCUT2D eigenvalue weighted by atomic mass is 10.0. The first kappa shape index (κ1) is 15.2. The molecule has 0 unspecified atom stereocenters. The van der Waals surface area contributed by atoms with Gasteiger partial charge in [-0.05, 0) is 49.9 Å². The van der Waals surface area contributed by atoms with Crippen LogP contribution in [0.15, 0.2) is 22.7 Å². The van der Waals surface area contributed by atoms with Gasteiger partial charge in [-0.15, -0.1) is 0 Å². The third-order valence-electron chi connectivity index (χ3n) is 4.53. The Bertz CT molecular complexity index is 653. The van der Waals surface area contributed by atoms with E-state index in [-0.39, 0.29) is 6.04 Å². The summed E-state index contributed by atoms with van der Waals surface area (Å²) in [6, 6.07) is 6.30. The van der Waals surface area contributed by atoms with Crippen molar-refractivity contribution in [2.45, 2.75) is 45.8 Å². The molecule has 1 fully saturated rings. The van der Waals surface area contributed by atoms with E-state index in [0.717, 1.165) is 30.8 Å². The molecule has 1 aliphatic rings. The van der Waals surface area contributed by atoms with Gasteiger partial charge in [0.1, 0.15) is 0 Å². The SMILES string of the molecule is Cc1nc([C@@H]2CCCN2C[C@@H](O)c2ccc(C)c(C)c2)no1. The summed E-state index contributed by atoms with van der Waals surface area (Å²) in [7, 11) is 0. The van der Waals surface area contributed by atoms with Crippen molar-refractivity contribution in [3.8, 4) is 0 Å². The lowest BCUT2D eigenvalue weighted by Gasteiger charge is -2.25. The first-order chi connectivity index (χ1) is 10.5. The van der Waals surface area contributed by atoms with Crippen LogP contribution < -0.4 is 0 Å². The maximum Gasteiger partial charge on any atom is 0.223 e. The number of benzene rings is 1. The smallest absolute Gasteiger partial charge is 0.223 e. The molecule has 2 atom stereocenters. The maximum atomic E-state index is 10.6. The molecule has 118 valence electrons. The van der Waals surface area contributed by atoms with Crippen molar-refractivity contribution in [2.24, 2.45) is 0 Å². The van der Waals surface area contributed by atoms with E-state index in [1.54, 1.807) is 6.92 Å². The van der Waals surface area contributed by atoms with E-state index in [2.05, 4.69) is 41.0 Å². The average molecular weight is 301 g/mol. The Labute approximate surface area is 131 Å². The van der Waals surface area contributed by atoms with Gasteiger partial charge in [0.25, 0.3) is 0 Å². The Hall–Kier alpha value is -1.72.